The molecule has 0 spiro atoms. The predicted octanol–water partition coefficient (Wildman–Crippen LogP) is 2.47. The highest BCUT2D eigenvalue weighted by Gasteiger charge is 2.31. The maximum Gasteiger partial charge on any atom is 0.573 e. The minimum atomic E-state index is -4.85. The molecule has 0 saturated heterocycles. The minimum Gasteiger partial charge on any atom is -0.507 e. The van der Waals surface area contributed by atoms with E-state index in [2.05, 4.69) is 9.47 Å². The van der Waals surface area contributed by atoms with Gasteiger partial charge < -0.3 is 14.6 Å². The van der Waals surface area contributed by atoms with Gasteiger partial charge in [-0.3, -0.25) is 0 Å². The molecule has 0 aromatic heterocycles. The SMILES string of the molecule is CCOC(=O)c1ccc(OC(F)(F)F)cc1O. The lowest BCUT2D eigenvalue weighted by Gasteiger charge is -2.10. The van der Waals surface area contributed by atoms with Crippen LogP contribution in [-0.2, 0) is 4.74 Å². The molecule has 0 unspecified atom stereocenters. The number of aromatic hydroxyl groups is 1. The monoisotopic (exact) mass is 250 g/mol. The largest absolute Gasteiger partial charge is 0.573 e. The number of benzene rings is 1. The molecule has 7 heteroatoms. The minimum absolute atomic E-state index is 0.0963. The number of ether oxygens (including phenoxy) is 2. The smallest absolute Gasteiger partial charge is 0.507 e. The fraction of sp³-hybridized carbons (Fsp3) is 0.300. The van der Waals surface area contributed by atoms with Crippen molar-refractivity contribution < 1.29 is 32.5 Å². The van der Waals surface area contributed by atoms with Crippen LogP contribution in [0.5, 0.6) is 11.5 Å². The molecule has 0 aliphatic carbocycles. The molecule has 1 N–H and O–H groups in total. The number of hydrogen-bond acceptors (Lipinski definition) is 4. The van der Waals surface area contributed by atoms with Gasteiger partial charge in [-0.05, 0) is 19.1 Å². The summed E-state index contributed by atoms with van der Waals surface area (Å²) in [5, 5.41) is 9.34. The molecular formula is C10H9F3O4. The summed E-state index contributed by atoms with van der Waals surface area (Å²) in [6, 6.07) is 2.60. The quantitative estimate of drug-likeness (QED) is 0.837. The van der Waals surface area contributed by atoms with Gasteiger partial charge in [-0.1, -0.05) is 0 Å². The number of phenolic OH excluding ortho intramolecular Hbond substituents is 1. The van der Waals surface area contributed by atoms with Crippen molar-refractivity contribution in [1.29, 1.82) is 0 Å². The first-order valence-corrected chi connectivity index (χ1v) is 4.59. The summed E-state index contributed by atoms with van der Waals surface area (Å²) in [4.78, 5) is 11.2. The van der Waals surface area contributed by atoms with E-state index >= 15 is 0 Å². The lowest BCUT2D eigenvalue weighted by atomic mass is 10.2. The molecule has 0 heterocycles. The highest BCUT2D eigenvalue weighted by Crippen LogP contribution is 2.28. The average molecular weight is 250 g/mol. The molecule has 0 bridgehead atoms. The number of alkyl halides is 3. The molecule has 1 aromatic rings. The summed E-state index contributed by atoms with van der Waals surface area (Å²) in [7, 11) is 0. The second-order valence-corrected chi connectivity index (χ2v) is 2.95. The third-order valence-electron chi connectivity index (χ3n) is 1.70. The molecule has 94 valence electrons. The van der Waals surface area contributed by atoms with Crippen LogP contribution in [0.3, 0.4) is 0 Å². The molecule has 0 radical (unpaired) electrons. The van der Waals surface area contributed by atoms with E-state index in [0.29, 0.717) is 6.07 Å². The third kappa shape index (κ3) is 3.86. The van der Waals surface area contributed by atoms with Crippen molar-refractivity contribution in [2.45, 2.75) is 13.3 Å². The van der Waals surface area contributed by atoms with Crippen LogP contribution >= 0.6 is 0 Å². The molecule has 0 fully saturated rings. The van der Waals surface area contributed by atoms with Crippen molar-refractivity contribution >= 4 is 5.97 Å². The first-order chi connectivity index (χ1) is 7.83. The summed E-state index contributed by atoms with van der Waals surface area (Å²) in [5.41, 5.74) is -0.221. The van der Waals surface area contributed by atoms with Crippen molar-refractivity contribution in [3.63, 3.8) is 0 Å². The van der Waals surface area contributed by atoms with Crippen molar-refractivity contribution in [2.24, 2.45) is 0 Å². The van der Waals surface area contributed by atoms with E-state index in [-0.39, 0.29) is 12.2 Å². The zero-order valence-corrected chi connectivity index (χ0v) is 8.75. The van der Waals surface area contributed by atoms with Gasteiger partial charge in [0.25, 0.3) is 0 Å². The van der Waals surface area contributed by atoms with E-state index < -0.39 is 23.8 Å². The number of esters is 1. The summed E-state index contributed by atoms with van der Waals surface area (Å²) < 4.78 is 43.7. The fourth-order valence-electron chi connectivity index (χ4n) is 1.09. The Labute approximate surface area is 94.6 Å². The van der Waals surface area contributed by atoms with E-state index in [0.717, 1.165) is 12.1 Å². The summed E-state index contributed by atoms with van der Waals surface area (Å²) in [6.07, 6.45) is -4.85. The Morgan fingerprint density at radius 1 is 1.41 bits per heavy atom. The maximum atomic E-state index is 11.9. The number of halogens is 3. The maximum absolute atomic E-state index is 11.9. The van der Waals surface area contributed by atoms with Gasteiger partial charge in [0.15, 0.2) is 0 Å². The second-order valence-electron chi connectivity index (χ2n) is 2.95. The van der Waals surface area contributed by atoms with Crippen LogP contribution in [0, 0.1) is 0 Å². The Balaban J connectivity index is 2.90. The van der Waals surface area contributed by atoms with Crippen molar-refractivity contribution in [3.05, 3.63) is 23.8 Å². The predicted molar refractivity (Wildman–Crippen MR) is 50.7 cm³/mol. The molecule has 17 heavy (non-hydrogen) atoms. The van der Waals surface area contributed by atoms with E-state index in [1.54, 1.807) is 6.92 Å². The van der Waals surface area contributed by atoms with Gasteiger partial charge in [0, 0.05) is 6.07 Å². The Morgan fingerprint density at radius 3 is 2.53 bits per heavy atom. The molecule has 0 atom stereocenters. The molecule has 0 saturated carbocycles. The molecule has 1 rings (SSSR count). The topological polar surface area (TPSA) is 55.8 Å². The molecule has 4 nitrogen and oxygen atoms in total. The van der Waals surface area contributed by atoms with E-state index in [4.69, 9.17) is 0 Å². The van der Waals surface area contributed by atoms with Gasteiger partial charge in [0.05, 0.1) is 6.61 Å². The van der Waals surface area contributed by atoms with Crippen molar-refractivity contribution in [1.82, 2.24) is 0 Å². The molecule has 0 aliphatic heterocycles. The van der Waals surface area contributed by atoms with Crippen LogP contribution in [0.2, 0.25) is 0 Å². The first kappa shape index (κ1) is 13.1. The lowest BCUT2D eigenvalue weighted by molar-refractivity contribution is -0.274. The molecule has 0 amide bonds. The average Bonchev–Trinajstić information content (AvgIpc) is 2.15. The highest BCUT2D eigenvalue weighted by atomic mass is 19.4. The number of carbonyl (C=O) groups is 1. The van der Waals surface area contributed by atoms with Crippen molar-refractivity contribution in [2.75, 3.05) is 6.61 Å². The Hall–Kier alpha value is -1.92. The van der Waals surface area contributed by atoms with Gasteiger partial charge >= 0.3 is 12.3 Å². The Kier molecular flexibility index (Phi) is 3.82. The zero-order valence-electron chi connectivity index (χ0n) is 8.75. The first-order valence-electron chi connectivity index (χ1n) is 4.59. The summed E-state index contributed by atoms with van der Waals surface area (Å²) >= 11 is 0. The molecular weight excluding hydrogens is 241 g/mol. The van der Waals surface area contributed by atoms with Crippen LogP contribution in [0.1, 0.15) is 17.3 Å². The normalized spacial score (nSPS) is 11.1. The van der Waals surface area contributed by atoms with Gasteiger partial charge in [0.2, 0.25) is 0 Å². The van der Waals surface area contributed by atoms with Crippen LogP contribution < -0.4 is 4.74 Å². The zero-order chi connectivity index (χ0) is 13.1. The van der Waals surface area contributed by atoms with Gasteiger partial charge in [-0.25, -0.2) is 4.79 Å². The lowest BCUT2D eigenvalue weighted by Crippen LogP contribution is -2.17. The number of carbonyl (C=O) groups excluding carboxylic acids is 1. The summed E-state index contributed by atoms with van der Waals surface area (Å²) in [6.45, 7) is 1.66. The number of rotatable bonds is 3. The van der Waals surface area contributed by atoms with Crippen LogP contribution in [0.15, 0.2) is 18.2 Å². The third-order valence-corrected chi connectivity index (χ3v) is 1.70. The van der Waals surface area contributed by atoms with E-state index in [9.17, 15) is 23.1 Å². The van der Waals surface area contributed by atoms with Gasteiger partial charge in [-0.2, -0.15) is 0 Å². The summed E-state index contributed by atoms with van der Waals surface area (Å²) in [5.74, 6) is -2.06. The van der Waals surface area contributed by atoms with Crippen LogP contribution in [-0.4, -0.2) is 24.0 Å². The highest BCUT2D eigenvalue weighted by molar-refractivity contribution is 5.92. The van der Waals surface area contributed by atoms with Crippen LogP contribution in [0.4, 0.5) is 13.2 Å². The molecule has 0 aliphatic rings. The molecule has 1 aromatic carbocycles. The van der Waals surface area contributed by atoms with E-state index in [1.807, 2.05) is 0 Å². The van der Waals surface area contributed by atoms with Crippen molar-refractivity contribution in [3.8, 4) is 11.5 Å². The standard InChI is InChI=1S/C10H9F3O4/c1-2-16-9(15)7-4-3-6(5-8(7)14)17-10(11,12)13/h3-5,14H,2H2,1H3. The number of hydrogen-bond donors (Lipinski definition) is 1. The Bertz CT molecular complexity index is 415. The van der Waals surface area contributed by atoms with Gasteiger partial charge in [0.1, 0.15) is 17.1 Å². The second kappa shape index (κ2) is 4.94. The van der Waals surface area contributed by atoms with Crippen LogP contribution in [0.25, 0.3) is 0 Å². The van der Waals surface area contributed by atoms with E-state index in [1.165, 1.54) is 0 Å². The number of phenols is 1. The Morgan fingerprint density at radius 2 is 2.06 bits per heavy atom. The fourth-order valence-corrected chi connectivity index (χ4v) is 1.09. The van der Waals surface area contributed by atoms with Gasteiger partial charge in [-0.15, -0.1) is 13.2 Å².